The van der Waals surface area contributed by atoms with Crippen LogP contribution in [0.5, 0.6) is 0 Å². The average Bonchev–Trinajstić information content (AvgIpc) is 2.75. The molecule has 0 unspecified atom stereocenters. The predicted molar refractivity (Wildman–Crippen MR) is 47.0 cm³/mol. The number of nitrogens with zero attached hydrogens (tertiary/aromatic N) is 2. The van der Waals surface area contributed by atoms with Crippen molar-refractivity contribution in [1.82, 2.24) is 9.55 Å². The van der Waals surface area contributed by atoms with Gasteiger partial charge in [-0.2, -0.15) is 0 Å². The summed E-state index contributed by atoms with van der Waals surface area (Å²) < 4.78 is 6.77. The minimum Gasteiger partial charge on any atom is -0.476 e. The molecule has 2 rings (SSSR count). The minimum absolute atomic E-state index is 0.0385. The van der Waals surface area contributed by atoms with Gasteiger partial charge in [0.25, 0.3) is 0 Å². The zero-order valence-electron chi connectivity index (χ0n) is 7.25. The van der Waals surface area contributed by atoms with Gasteiger partial charge in [-0.1, -0.05) is 0 Å². The van der Waals surface area contributed by atoms with Crippen LogP contribution < -0.4 is 0 Å². The van der Waals surface area contributed by atoms with Crippen LogP contribution in [0.2, 0.25) is 0 Å². The number of aromatic carboxylic acids is 1. The van der Waals surface area contributed by atoms with E-state index in [0.29, 0.717) is 6.54 Å². The average molecular weight is 192 g/mol. The third-order valence-corrected chi connectivity index (χ3v) is 1.77. The van der Waals surface area contributed by atoms with Crippen LogP contribution in [-0.4, -0.2) is 20.6 Å². The van der Waals surface area contributed by atoms with E-state index in [4.69, 9.17) is 9.52 Å². The van der Waals surface area contributed by atoms with Gasteiger partial charge in [0, 0.05) is 6.20 Å². The molecule has 1 N–H and O–H groups in total. The minimum atomic E-state index is -1.02. The molecular weight excluding hydrogens is 184 g/mol. The van der Waals surface area contributed by atoms with Gasteiger partial charge >= 0.3 is 5.97 Å². The van der Waals surface area contributed by atoms with Crippen LogP contribution in [0.15, 0.2) is 35.3 Å². The molecule has 0 aliphatic heterocycles. The van der Waals surface area contributed by atoms with E-state index in [-0.39, 0.29) is 5.69 Å². The SMILES string of the molecule is O=C(O)c1cn(Cc2ccco2)cn1. The van der Waals surface area contributed by atoms with Crippen molar-refractivity contribution in [3.63, 3.8) is 0 Å². The summed E-state index contributed by atoms with van der Waals surface area (Å²) in [6.07, 6.45) is 4.50. The first-order chi connectivity index (χ1) is 6.75. The number of carboxylic acids is 1. The Balaban J connectivity index is 2.14. The molecule has 0 aliphatic carbocycles. The highest BCUT2D eigenvalue weighted by atomic mass is 16.4. The fourth-order valence-corrected chi connectivity index (χ4v) is 1.14. The third kappa shape index (κ3) is 1.66. The number of carbonyl (C=O) groups is 1. The van der Waals surface area contributed by atoms with Crippen LogP contribution in [0.4, 0.5) is 0 Å². The van der Waals surface area contributed by atoms with Gasteiger partial charge in [-0.15, -0.1) is 0 Å². The summed E-state index contributed by atoms with van der Waals surface area (Å²) in [4.78, 5) is 14.2. The van der Waals surface area contributed by atoms with Crippen molar-refractivity contribution in [3.8, 4) is 0 Å². The van der Waals surface area contributed by atoms with Crippen LogP contribution in [0.1, 0.15) is 16.2 Å². The van der Waals surface area contributed by atoms with E-state index in [2.05, 4.69) is 4.98 Å². The van der Waals surface area contributed by atoms with E-state index in [9.17, 15) is 4.79 Å². The summed E-state index contributed by atoms with van der Waals surface area (Å²) >= 11 is 0. The van der Waals surface area contributed by atoms with Crippen molar-refractivity contribution in [2.45, 2.75) is 6.54 Å². The molecule has 0 saturated carbocycles. The lowest BCUT2D eigenvalue weighted by Gasteiger charge is -1.96. The predicted octanol–water partition coefficient (Wildman–Crippen LogP) is 1.22. The molecule has 0 saturated heterocycles. The van der Waals surface area contributed by atoms with Gasteiger partial charge in [-0.25, -0.2) is 9.78 Å². The number of rotatable bonds is 3. The second-order valence-electron chi connectivity index (χ2n) is 2.82. The maximum absolute atomic E-state index is 10.5. The van der Waals surface area contributed by atoms with Crippen molar-refractivity contribution in [1.29, 1.82) is 0 Å². The summed E-state index contributed by atoms with van der Waals surface area (Å²) in [5, 5.41) is 8.62. The van der Waals surface area contributed by atoms with Crippen LogP contribution >= 0.6 is 0 Å². The quantitative estimate of drug-likeness (QED) is 0.793. The van der Waals surface area contributed by atoms with Gasteiger partial charge < -0.3 is 14.1 Å². The van der Waals surface area contributed by atoms with E-state index in [0.717, 1.165) is 5.76 Å². The molecule has 0 aliphatic rings. The highest BCUT2D eigenvalue weighted by Gasteiger charge is 2.06. The fourth-order valence-electron chi connectivity index (χ4n) is 1.14. The van der Waals surface area contributed by atoms with E-state index in [1.54, 1.807) is 16.9 Å². The van der Waals surface area contributed by atoms with Gasteiger partial charge in [0.2, 0.25) is 0 Å². The van der Waals surface area contributed by atoms with Crippen LogP contribution in [-0.2, 0) is 6.54 Å². The first kappa shape index (κ1) is 8.55. The number of hydrogen-bond acceptors (Lipinski definition) is 3. The molecule has 0 atom stereocenters. The largest absolute Gasteiger partial charge is 0.476 e. The first-order valence-electron chi connectivity index (χ1n) is 4.03. The Morgan fingerprint density at radius 3 is 3.07 bits per heavy atom. The molecule has 0 aromatic carbocycles. The Labute approximate surface area is 79.6 Å². The summed E-state index contributed by atoms with van der Waals surface area (Å²) in [6, 6.07) is 3.60. The Kier molecular flexibility index (Phi) is 2.06. The summed E-state index contributed by atoms with van der Waals surface area (Å²) in [7, 11) is 0. The van der Waals surface area contributed by atoms with Gasteiger partial charge in [0.05, 0.1) is 19.1 Å². The smallest absolute Gasteiger partial charge is 0.356 e. The van der Waals surface area contributed by atoms with Crippen molar-refractivity contribution >= 4 is 5.97 Å². The lowest BCUT2D eigenvalue weighted by Crippen LogP contribution is -1.97. The Morgan fingerprint density at radius 1 is 1.64 bits per heavy atom. The topological polar surface area (TPSA) is 68.3 Å². The Bertz CT molecular complexity index is 431. The summed E-state index contributed by atoms with van der Waals surface area (Å²) in [5.74, 6) is -0.262. The Hall–Kier alpha value is -2.04. The number of aromatic nitrogens is 2. The van der Waals surface area contributed by atoms with E-state index >= 15 is 0 Å². The molecule has 0 spiro atoms. The zero-order valence-corrected chi connectivity index (χ0v) is 7.25. The van der Waals surface area contributed by atoms with Crippen molar-refractivity contribution < 1.29 is 14.3 Å². The van der Waals surface area contributed by atoms with Crippen molar-refractivity contribution in [2.24, 2.45) is 0 Å². The van der Waals surface area contributed by atoms with Crippen molar-refractivity contribution in [2.75, 3.05) is 0 Å². The molecule has 2 heterocycles. The maximum atomic E-state index is 10.5. The van der Waals surface area contributed by atoms with Crippen LogP contribution in [0.3, 0.4) is 0 Å². The molecular formula is C9H8N2O3. The highest BCUT2D eigenvalue weighted by Crippen LogP contribution is 2.04. The number of carboxylic acid groups (broad SMARTS) is 1. The monoisotopic (exact) mass is 192 g/mol. The maximum Gasteiger partial charge on any atom is 0.356 e. The second-order valence-corrected chi connectivity index (χ2v) is 2.82. The molecule has 0 bridgehead atoms. The lowest BCUT2D eigenvalue weighted by atomic mass is 10.4. The van der Waals surface area contributed by atoms with Crippen molar-refractivity contribution in [3.05, 3.63) is 42.4 Å². The van der Waals surface area contributed by atoms with Gasteiger partial charge in [0.1, 0.15) is 5.76 Å². The molecule has 2 aromatic heterocycles. The molecule has 72 valence electrons. The number of hydrogen-bond donors (Lipinski definition) is 1. The van der Waals surface area contributed by atoms with E-state index in [1.807, 2.05) is 6.07 Å². The second kappa shape index (κ2) is 3.37. The van der Waals surface area contributed by atoms with Gasteiger partial charge in [-0.3, -0.25) is 0 Å². The van der Waals surface area contributed by atoms with E-state index in [1.165, 1.54) is 12.5 Å². The lowest BCUT2D eigenvalue weighted by molar-refractivity contribution is 0.0691. The standard InChI is InChI=1S/C9H8N2O3/c12-9(13)8-5-11(6-10-8)4-7-2-1-3-14-7/h1-3,5-6H,4H2,(H,12,13). The fraction of sp³-hybridized carbons (Fsp3) is 0.111. The molecule has 2 aromatic rings. The van der Waals surface area contributed by atoms with Crippen LogP contribution in [0, 0.1) is 0 Å². The molecule has 0 amide bonds. The molecule has 0 radical (unpaired) electrons. The number of imidazole rings is 1. The Morgan fingerprint density at radius 2 is 2.50 bits per heavy atom. The van der Waals surface area contributed by atoms with Crippen LogP contribution in [0.25, 0.3) is 0 Å². The first-order valence-corrected chi connectivity index (χ1v) is 4.03. The zero-order chi connectivity index (χ0) is 9.97. The molecule has 5 nitrogen and oxygen atoms in total. The van der Waals surface area contributed by atoms with Gasteiger partial charge in [0.15, 0.2) is 5.69 Å². The molecule has 14 heavy (non-hydrogen) atoms. The number of furan rings is 1. The molecule has 5 heteroatoms. The highest BCUT2D eigenvalue weighted by molar-refractivity contribution is 5.84. The van der Waals surface area contributed by atoms with Gasteiger partial charge in [-0.05, 0) is 12.1 Å². The molecule has 0 fully saturated rings. The normalized spacial score (nSPS) is 10.3. The summed E-state index contributed by atoms with van der Waals surface area (Å²) in [6.45, 7) is 0.493. The summed E-state index contributed by atoms with van der Waals surface area (Å²) in [5.41, 5.74) is 0.0385. The third-order valence-electron chi connectivity index (χ3n) is 1.77. The van der Waals surface area contributed by atoms with E-state index < -0.39 is 5.97 Å².